The molecule has 6 nitrogen and oxygen atoms in total. The number of amidine groups is 1. The maximum absolute atomic E-state index is 13.2. The first-order valence-electron chi connectivity index (χ1n) is 8.22. The number of hydrogen-bond donors (Lipinski definition) is 2. The summed E-state index contributed by atoms with van der Waals surface area (Å²) in [6, 6.07) is 3.34. The van der Waals surface area contributed by atoms with Crippen LogP contribution in [-0.4, -0.2) is 38.7 Å². The third kappa shape index (κ3) is 5.16. The molecule has 1 unspecified atom stereocenters. The minimum Gasteiger partial charge on any atom is -0.324 e. The summed E-state index contributed by atoms with van der Waals surface area (Å²) in [5, 5.41) is 12.7. The third-order valence-corrected chi connectivity index (χ3v) is 5.14. The number of sulfonamides is 1. The normalized spacial score (nSPS) is 17.7. The van der Waals surface area contributed by atoms with Crippen LogP contribution in [-0.2, 0) is 10.0 Å². The van der Waals surface area contributed by atoms with Crippen molar-refractivity contribution in [3.05, 3.63) is 36.4 Å². The number of alkyl halides is 3. The second kappa shape index (κ2) is 7.81. The van der Waals surface area contributed by atoms with Gasteiger partial charge in [-0.15, -0.1) is 0 Å². The Labute approximate surface area is 156 Å². The molecule has 0 saturated carbocycles. The van der Waals surface area contributed by atoms with Crippen LogP contribution in [0.2, 0.25) is 0 Å². The number of anilines is 1. The van der Waals surface area contributed by atoms with E-state index in [9.17, 15) is 21.6 Å². The highest BCUT2D eigenvalue weighted by molar-refractivity contribution is 7.89. The summed E-state index contributed by atoms with van der Waals surface area (Å²) in [6.07, 6.45) is -3.23. The zero-order chi connectivity index (χ0) is 20.4. The highest BCUT2D eigenvalue weighted by Crippen LogP contribution is 2.32. The summed E-state index contributed by atoms with van der Waals surface area (Å²) in [5.74, 6) is 0.101. The number of nitrogens with one attached hydrogen (secondary N) is 1. The zero-order valence-corrected chi connectivity index (χ0v) is 15.6. The van der Waals surface area contributed by atoms with Gasteiger partial charge in [0.05, 0.1) is 11.4 Å². The largest absolute Gasteiger partial charge is 0.412 e. The molecule has 1 aliphatic heterocycles. The van der Waals surface area contributed by atoms with Gasteiger partial charge in [-0.3, -0.25) is 4.99 Å². The number of halogens is 3. The summed E-state index contributed by atoms with van der Waals surface area (Å²) in [5.41, 5.74) is 1.24. The molecule has 1 aromatic rings. The second-order valence-corrected chi connectivity index (χ2v) is 7.78. The molecule has 0 aromatic heterocycles. The first-order valence-corrected chi connectivity index (χ1v) is 9.77. The van der Waals surface area contributed by atoms with Crippen LogP contribution in [0.15, 0.2) is 46.3 Å². The molecule has 148 valence electrons. The molecular formula is C17H21F3N4O2S. The van der Waals surface area contributed by atoms with Gasteiger partial charge in [0, 0.05) is 11.4 Å². The van der Waals surface area contributed by atoms with E-state index < -0.39 is 28.8 Å². The van der Waals surface area contributed by atoms with Crippen molar-refractivity contribution in [3.8, 4) is 0 Å². The molecule has 0 radical (unpaired) electrons. The van der Waals surface area contributed by atoms with Crippen molar-refractivity contribution in [3.63, 3.8) is 0 Å². The average molecular weight is 402 g/mol. The van der Waals surface area contributed by atoms with Gasteiger partial charge in [-0.05, 0) is 49.1 Å². The van der Waals surface area contributed by atoms with Crippen LogP contribution in [0.25, 0.3) is 0 Å². The quantitative estimate of drug-likeness (QED) is 0.685. The monoisotopic (exact) mass is 402 g/mol. The predicted molar refractivity (Wildman–Crippen MR) is 98.8 cm³/mol. The van der Waals surface area contributed by atoms with Crippen LogP contribution in [0, 0.1) is 5.41 Å². The van der Waals surface area contributed by atoms with Crippen molar-refractivity contribution in [2.24, 2.45) is 10.1 Å². The van der Waals surface area contributed by atoms with E-state index in [-0.39, 0.29) is 10.7 Å². The molecule has 1 aromatic carbocycles. The molecule has 0 bridgehead atoms. The lowest BCUT2D eigenvalue weighted by molar-refractivity contribution is -0.142. The average Bonchev–Trinajstić information content (AvgIpc) is 3.04. The first kappa shape index (κ1) is 21.1. The fraction of sp³-hybridized carbons (Fsp3) is 0.412. The smallest absolute Gasteiger partial charge is 0.324 e. The minimum atomic E-state index is -4.50. The Balaban J connectivity index is 2.31. The number of nitrogens with zero attached hydrogens (tertiary/aromatic N) is 2. The van der Waals surface area contributed by atoms with Crippen LogP contribution in [0.3, 0.4) is 0 Å². The molecule has 10 heteroatoms. The van der Waals surface area contributed by atoms with Crippen LogP contribution < -0.4 is 10.0 Å². The molecule has 0 spiro atoms. The lowest BCUT2D eigenvalue weighted by atomic mass is 10.1. The van der Waals surface area contributed by atoms with Gasteiger partial charge in [0.1, 0.15) is 5.84 Å². The van der Waals surface area contributed by atoms with E-state index in [1.807, 2.05) is 6.92 Å². The number of nitrogens with two attached hydrogens (primary N) is 1. The van der Waals surface area contributed by atoms with Crippen molar-refractivity contribution in [2.75, 3.05) is 11.4 Å². The van der Waals surface area contributed by atoms with Crippen molar-refractivity contribution in [1.82, 2.24) is 0 Å². The molecule has 0 fully saturated rings. The first-order chi connectivity index (χ1) is 12.4. The van der Waals surface area contributed by atoms with Gasteiger partial charge in [-0.2, -0.15) is 13.2 Å². The summed E-state index contributed by atoms with van der Waals surface area (Å²) < 4.78 is 62.3. The topological polar surface area (TPSA) is 99.6 Å². The Morgan fingerprint density at radius 3 is 2.41 bits per heavy atom. The fourth-order valence-electron chi connectivity index (χ4n) is 2.61. The van der Waals surface area contributed by atoms with E-state index in [0.717, 1.165) is 0 Å². The molecule has 1 aliphatic rings. The maximum Gasteiger partial charge on any atom is 0.412 e. The summed E-state index contributed by atoms with van der Waals surface area (Å²) in [7, 11) is -3.90. The van der Waals surface area contributed by atoms with E-state index in [1.165, 1.54) is 29.2 Å². The summed E-state index contributed by atoms with van der Waals surface area (Å²) >= 11 is 0. The van der Waals surface area contributed by atoms with E-state index in [4.69, 9.17) is 10.5 Å². The van der Waals surface area contributed by atoms with Crippen molar-refractivity contribution in [1.29, 1.82) is 5.41 Å². The molecule has 2 rings (SSSR count). The third-order valence-electron chi connectivity index (χ3n) is 4.22. The van der Waals surface area contributed by atoms with Gasteiger partial charge in [-0.1, -0.05) is 13.5 Å². The molecule has 1 heterocycles. The number of hydrogen-bond acceptors (Lipinski definition) is 5. The Hall–Kier alpha value is -2.20. The maximum atomic E-state index is 13.2. The van der Waals surface area contributed by atoms with Crippen LogP contribution >= 0.6 is 0 Å². The molecular weight excluding hydrogens is 381 g/mol. The Morgan fingerprint density at radius 2 is 1.93 bits per heavy atom. The van der Waals surface area contributed by atoms with Crippen molar-refractivity contribution >= 4 is 27.3 Å². The number of rotatable bonds is 7. The SMILES string of the molecule is C=C(CCC(=N)CC)C1=NC(C(F)(F)F)CN1c1ccc(S(N)(=O)=O)cc1. The summed E-state index contributed by atoms with van der Waals surface area (Å²) in [4.78, 5) is 5.03. The molecule has 0 aliphatic carbocycles. The van der Waals surface area contributed by atoms with Crippen LogP contribution in [0.4, 0.5) is 18.9 Å². The number of benzene rings is 1. The minimum absolute atomic E-state index is 0.101. The number of primary sulfonamides is 1. The van der Waals surface area contributed by atoms with Crippen LogP contribution in [0.5, 0.6) is 0 Å². The molecule has 1 atom stereocenters. The van der Waals surface area contributed by atoms with Crippen molar-refractivity contribution < 1.29 is 21.6 Å². The predicted octanol–water partition coefficient (Wildman–Crippen LogP) is 3.25. The van der Waals surface area contributed by atoms with E-state index in [2.05, 4.69) is 11.6 Å². The van der Waals surface area contributed by atoms with Crippen molar-refractivity contribution in [2.45, 2.75) is 43.3 Å². The van der Waals surface area contributed by atoms with E-state index in [0.29, 0.717) is 36.2 Å². The van der Waals surface area contributed by atoms with E-state index in [1.54, 1.807) is 0 Å². The molecule has 3 N–H and O–H groups in total. The molecule has 0 amide bonds. The lowest BCUT2D eigenvalue weighted by Gasteiger charge is -2.23. The van der Waals surface area contributed by atoms with Gasteiger partial charge in [0.25, 0.3) is 0 Å². The lowest BCUT2D eigenvalue weighted by Crippen LogP contribution is -2.35. The summed E-state index contributed by atoms with van der Waals surface area (Å²) in [6.45, 7) is 5.25. The van der Waals surface area contributed by atoms with Gasteiger partial charge >= 0.3 is 6.18 Å². The standard InChI is InChI=1S/C17H21F3N4O2S/c1-3-12(21)5-4-11(2)16-23-15(17(18,19)20)10-24(16)13-6-8-14(9-7-13)27(22,25)26/h6-9,15,21H,2-5,10H2,1H3,(H2,22,25,26). The highest BCUT2D eigenvalue weighted by Gasteiger charge is 2.45. The number of aliphatic imine (C=N–C) groups is 1. The molecule has 0 saturated heterocycles. The highest BCUT2D eigenvalue weighted by atomic mass is 32.2. The van der Waals surface area contributed by atoms with Gasteiger partial charge in [0.2, 0.25) is 10.0 Å². The fourth-order valence-corrected chi connectivity index (χ4v) is 3.13. The Kier molecular flexibility index (Phi) is 6.10. The molecule has 27 heavy (non-hydrogen) atoms. The Morgan fingerprint density at radius 1 is 1.33 bits per heavy atom. The Bertz CT molecular complexity index is 861. The van der Waals surface area contributed by atoms with Gasteiger partial charge in [-0.25, -0.2) is 13.6 Å². The van der Waals surface area contributed by atoms with Crippen LogP contribution in [0.1, 0.15) is 26.2 Å². The van der Waals surface area contributed by atoms with E-state index >= 15 is 0 Å². The van der Waals surface area contributed by atoms with Gasteiger partial charge in [0.15, 0.2) is 6.04 Å². The van der Waals surface area contributed by atoms with Gasteiger partial charge < -0.3 is 10.3 Å². The zero-order valence-electron chi connectivity index (χ0n) is 14.8. The second-order valence-electron chi connectivity index (χ2n) is 6.22.